The molecule has 5 heterocycles. The van der Waals surface area contributed by atoms with Gasteiger partial charge in [0.25, 0.3) is 11.1 Å². The third kappa shape index (κ3) is 11.3. The van der Waals surface area contributed by atoms with Gasteiger partial charge in [-0.15, -0.1) is 0 Å². The molecule has 244 valence electrons. The minimum absolute atomic E-state index is 0.126. The molecular weight excluding hydrogens is 630 g/mol. The molecule has 0 atom stereocenters. The van der Waals surface area contributed by atoms with E-state index in [1.165, 1.54) is 6.20 Å². The summed E-state index contributed by atoms with van der Waals surface area (Å²) < 4.78 is 14.9. The van der Waals surface area contributed by atoms with Gasteiger partial charge in [-0.25, -0.2) is 15.0 Å². The van der Waals surface area contributed by atoms with Crippen LogP contribution in [-0.4, -0.2) is 63.4 Å². The van der Waals surface area contributed by atoms with Crippen LogP contribution in [0.2, 0.25) is 56.5 Å². The number of hydrogen-bond acceptors (Lipinski definition) is 9. The monoisotopic (exact) mass is 673 g/mol. The van der Waals surface area contributed by atoms with Gasteiger partial charge in [-0.2, -0.15) is 0 Å². The first kappa shape index (κ1) is 35.7. The van der Waals surface area contributed by atoms with Gasteiger partial charge in [-0.05, 0) is 30.3 Å². The van der Waals surface area contributed by atoms with Crippen LogP contribution in [0.25, 0.3) is 22.1 Å². The Balaban J connectivity index is 0.000000195. The summed E-state index contributed by atoms with van der Waals surface area (Å²) in [4.78, 5) is 40.4. The molecule has 5 rings (SSSR count). The largest absolute Gasteiger partial charge is 0.397 e. The molecule has 0 aliphatic carbocycles. The Morgan fingerprint density at radius 2 is 1.38 bits per heavy atom. The maximum Gasteiger partial charge on any atom is 0.276 e. The van der Waals surface area contributed by atoms with Crippen molar-refractivity contribution in [1.82, 2.24) is 34.1 Å². The number of rotatable bonds is 10. The van der Waals surface area contributed by atoms with Crippen molar-refractivity contribution >= 4 is 61.2 Å². The van der Waals surface area contributed by atoms with Gasteiger partial charge in [-0.3, -0.25) is 9.59 Å². The number of nitrogens with one attached hydrogen (secondary N) is 2. The summed E-state index contributed by atoms with van der Waals surface area (Å²) >= 11 is 5.50. The number of pyridine rings is 3. The van der Waals surface area contributed by atoms with Crippen LogP contribution < -0.4 is 22.6 Å². The molecule has 5 aromatic rings. The maximum atomic E-state index is 11.7. The summed E-state index contributed by atoms with van der Waals surface area (Å²) in [5.74, 6) is 0. The van der Waals surface area contributed by atoms with E-state index in [4.69, 9.17) is 32.5 Å². The minimum Gasteiger partial charge on any atom is -0.397 e. The molecule has 5 aromatic heterocycles. The van der Waals surface area contributed by atoms with Crippen molar-refractivity contribution in [3.8, 4) is 0 Å². The van der Waals surface area contributed by atoms with E-state index in [2.05, 4.69) is 64.2 Å². The van der Waals surface area contributed by atoms with Crippen molar-refractivity contribution in [2.75, 3.05) is 24.7 Å². The molecule has 0 radical (unpaired) electrons. The normalized spacial score (nSPS) is 11.6. The molecule has 0 saturated heterocycles. The first-order chi connectivity index (χ1) is 21.2. The standard InChI is InChI=1S/2C12H19N3O2Si.C5H6ClN3/c1-18(2,3)7-6-17-9-15-8-14-11-10(15)4-5-13-12(11)16;1-18(2,3)7-6-17-9-15-8-14-10-4-5-13-12(16)11(10)15;6-5-4(8)3(7)1-2-9-5/h2*4-5,8H,6-7,9H2,1-3H3,(H,13,16);1-2H,8H2,(H2,7,9). The number of anilines is 2. The fraction of sp³-hybridized carbons (Fsp3) is 0.414. The van der Waals surface area contributed by atoms with E-state index in [0.29, 0.717) is 41.4 Å². The summed E-state index contributed by atoms with van der Waals surface area (Å²) in [5, 5.41) is 0.259. The topological polar surface area (TPSA) is 185 Å². The molecule has 0 amide bonds. The lowest BCUT2D eigenvalue weighted by atomic mass is 10.4. The predicted octanol–water partition coefficient (Wildman–Crippen LogP) is 4.97. The third-order valence-corrected chi connectivity index (χ3v) is 10.2. The smallest absolute Gasteiger partial charge is 0.276 e. The quantitative estimate of drug-likeness (QED) is 0.0902. The number of nitrogen functional groups attached to an aromatic ring is 2. The molecule has 13 nitrogen and oxygen atoms in total. The average molecular weight is 674 g/mol. The van der Waals surface area contributed by atoms with Crippen LogP contribution in [-0.2, 0) is 22.9 Å². The Labute approximate surface area is 269 Å². The first-order valence-corrected chi connectivity index (χ1v) is 22.3. The van der Waals surface area contributed by atoms with E-state index in [1.807, 2.05) is 10.6 Å². The Kier molecular flexibility index (Phi) is 12.7. The van der Waals surface area contributed by atoms with Gasteiger partial charge < -0.3 is 40.0 Å². The lowest BCUT2D eigenvalue weighted by Gasteiger charge is -2.15. The van der Waals surface area contributed by atoms with Crippen LogP contribution in [0.5, 0.6) is 0 Å². The Hall–Kier alpha value is -3.77. The van der Waals surface area contributed by atoms with Crippen molar-refractivity contribution in [2.45, 2.75) is 64.8 Å². The number of aromatic amines is 2. The average Bonchev–Trinajstić information content (AvgIpc) is 3.58. The van der Waals surface area contributed by atoms with Gasteiger partial charge in [0, 0.05) is 48.0 Å². The molecule has 16 heteroatoms. The fourth-order valence-electron chi connectivity index (χ4n) is 3.78. The second-order valence-electron chi connectivity index (χ2n) is 12.8. The highest BCUT2D eigenvalue weighted by Crippen LogP contribution is 2.20. The highest BCUT2D eigenvalue weighted by molar-refractivity contribution is 6.76. The zero-order chi connectivity index (χ0) is 33.2. The molecule has 0 saturated carbocycles. The second-order valence-corrected chi connectivity index (χ2v) is 24.4. The first-order valence-electron chi connectivity index (χ1n) is 14.5. The Morgan fingerprint density at radius 1 is 0.800 bits per heavy atom. The van der Waals surface area contributed by atoms with Crippen molar-refractivity contribution in [3.63, 3.8) is 0 Å². The summed E-state index contributed by atoms with van der Waals surface area (Å²) in [6.45, 7) is 16.2. The summed E-state index contributed by atoms with van der Waals surface area (Å²) in [6.07, 6.45) is 8.04. The lowest BCUT2D eigenvalue weighted by Crippen LogP contribution is -2.22. The number of halogens is 1. The number of fused-ring (bicyclic) bond motifs is 2. The Bertz CT molecular complexity index is 1770. The summed E-state index contributed by atoms with van der Waals surface area (Å²) in [6, 6.07) is 7.48. The van der Waals surface area contributed by atoms with E-state index >= 15 is 0 Å². The fourth-order valence-corrected chi connectivity index (χ4v) is 5.46. The van der Waals surface area contributed by atoms with E-state index in [1.54, 1.807) is 41.7 Å². The van der Waals surface area contributed by atoms with Crippen molar-refractivity contribution in [1.29, 1.82) is 0 Å². The van der Waals surface area contributed by atoms with E-state index in [-0.39, 0.29) is 16.3 Å². The van der Waals surface area contributed by atoms with Crippen LogP contribution in [0.3, 0.4) is 0 Å². The maximum absolute atomic E-state index is 11.7. The predicted molar refractivity (Wildman–Crippen MR) is 187 cm³/mol. The zero-order valence-electron chi connectivity index (χ0n) is 26.8. The molecule has 0 spiro atoms. The molecule has 0 unspecified atom stereocenters. The van der Waals surface area contributed by atoms with Crippen LogP contribution in [0.1, 0.15) is 0 Å². The summed E-state index contributed by atoms with van der Waals surface area (Å²) in [7, 11) is -2.11. The number of hydrogen-bond donors (Lipinski definition) is 4. The number of nitrogens with two attached hydrogens (primary N) is 2. The highest BCUT2D eigenvalue weighted by Gasteiger charge is 2.13. The van der Waals surface area contributed by atoms with Crippen LogP contribution in [0, 0.1) is 0 Å². The lowest BCUT2D eigenvalue weighted by molar-refractivity contribution is 0.0897. The van der Waals surface area contributed by atoms with Gasteiger partial charge in [0.1, 0.15) is 19.0 Å². The van der Waals surface area contributed by atoms with Crippen molar-refractivity contribution in [3.05, 3.63) is 75.3 Å². The van der Waals surface area contributed by atoms with Gasteiger partial charge in [0.2, 0.25) is 0 Å². The van der Waals surface area contributed by atoms with Crippen LogP contribution in [0.4, 0.5) is 11.4 Å². The number of H-pyrrole nitrogens is 2. The van der Waals surface area contributed by atoms with Gasteiger partial charge in [-0.1, -0.05) is 50.9 Å². The molecule has 0 aliphatic heterocycles. The van der Waals surface area contributed by atoms with Crippen LogP contribution in [0.15, 0.2) is 59.0 Å². The number of nitrogens with zero attached hydrogens (tertiary/aromatic N) is 5. The van der Waals surface area contributed by atoms with Gasteiger partial charge in [0.05, 0.1) is 35.1 Å². The molecule has 6 N–H and O–H groups in total. The van der Waals surface area contributed by atoms with E-state index in [0.717, 1.165) is 30.8 Å². The summed E-state index contributed by atoms with van der Waals surface area (Å²) in [5.41, 5.74) is 13.8. The molecule has 0 aromatic carbocycles. The number of imidazole rings is 2. The van der Waals surface area contributed by atoms with Crippen LogP contribution >= 0.6 is 11.6 Å². The SMILES string of the molecule is C[Si](C)(C)CCOCn1cnc2c(=O)[nH]ccc21.C[Si](C)(C)CCOCn1cnc2cc[nH]c(=O)c21.Nc1ccnc(Cl)c1N. The van der Waals surface area contributed by atoms with E-state index in [9.17, 15) is 9.59 Å². The zero-order valence-corrected chi connectivity index (χ0v) is 29.5. The molecule has 0 aliphatic rings. The highest BCUT2D eigenvalue weighted by atomic mass is 35.5. The Morgan fingerprint density at radius 3 is 1.98 bits per heavy atom. The van der Waals surface area contributed by atoms with Gasteiger partial charge in [0.15, 0.2) is 10.7 Å². The molecule has 45 heavy (non-hydrogen) atoms. The second kappa shape index (κ2) is 16.0. The van der Waals surface area contributed by atoms with Crippen molar-refractivity contribution in [2.24, 2.45) is 0 Å². The van der Waals surface area contributed by atoms with Crippen molar-refractivity contribution < 1.29 is 9.47 Å². The molecule has 0 fully saturated rings. The van der Waals surface area contributed by atoms with Gasteiger partial charge >= 0.3 is 0 Å². The molecule has 0 bridgehead atoms. The molecular formula is C29H44ClN9O4Si2. The minimum atomic E-state index is -1.06. The van der Waals surface area contributed by atoms with E-state index < -0.39 is 16.1 Å². The third-order valence-electron chi connectivity index (χ3n) is 6.51. The number of aromatic nitrogens is 7. The number of ether oxygens (including phenoxy) is 2.